The first kappa shape index (κ1) is 32.0. The second-order valence-corrected chi connectivity index (χ2v) is 12.3. The fourth-order valence-electron chi connectivity index (χ4n) is 4.92. The summed E-state index contributed by atoms with van der Waals surface area (Å²) in [6, 6.07) is 5.70. The van der Waals surface area contributed by atoms with Gasteiger partial charge in [0, 0.05) is 12.0 Å². The van der Waals surface area contributed by atoms with E-state index in [9.17, 15) is 14.7 Å². The van der Waals surface area contributed by atoms with E-state index in [1.165, 1.54) is 18.9 Å². The molecule has 212 valence electrons. The van der Waals surface area contributed by atoms with Crippen LogP contribution in [-0.2, 0) is 19.7 Å². The zero-order chi connectivity index (χ0) is 28.7. The smallest absolute Gasteiger partial charge is 0.328 e. The van der Waals surface area contributed by atoms with Crippen LogP contribution in [0, 0.1) is 12.3 Å². The number of esters is 1. The van der Waals surface area contributed by atoms with Crippen molar-refractivity contribution < 1.29 is 24.2 Å². The maximum Gasteiger partial charge on any atom is 0.328 e. The van der Waals surface area contributed by atoms with Crippen LogP contribution in [0.5, 0.6) is 5.75 Å². The number of likely N-dealkylation sites (tertiary alicyclic amines) is 1. The van der Waals surface area contributed by atoms with Crippen LogP contribution in [0.2, 0.25) is 0 Å². The molecule has 0 saturated carbocycles. The summed E-state index contributed by atoms with van der Waals surface area (Å²) in [5.74, 6) is 0.180. The molecule has 0 radical (unpaired) electrons. The number of allylic oxidation sites excluding steroid dienone is 2. The van der Waals surface area contributed by atoms with Crippen LogP contribution in [0.15, 0.2) is 40.7 Å². The summed E-state index contributed by atoms with van der Waals surface area (Å²) in [6.07, 6.45) is 5.53. The predicted molar refractivity (Wildman–Crippen MR) is 156 cm³/mol. The zero-order valence-electron chi connectivity index (χ0n) is 24.6. The van der Waals surface area contributed by atoms with Crippen LogP contribution >= 0.6 is 11.8 Å². The van der Waals surface area contributed by atoms with Crippen molar-refractivity contribution in [2.24, 2.45) is 5.41 Å². The number of aryl methyl sites for hydroxylation is 1. The predicted octanol–water partition coefficient (Wildman–Crippen LogP) is 6.54. The van der Waals surface area contributed by atoms with E-state index in [2.05, 4.69) is 45.6 Å². The van der Waals surface area contributed by atoms with Crippen molar-refractivity contribution in [2.45, 2.75) is 98.1 Å². The Labute approximate surface area is 233 Å². The molecular formula is C31H47NO5S. The number of thioether (sulfide) groups is 1. The van der Waals surface area contributed by atoms with E-state index in [-0.39, 0.29) is 29.3 Å². The molecule has 1 heterocycles. The van der Waals surface area contributed by atoms with Crippen molar-refractivity contribution >= 4 is 23.6 Å². The van der Waals surface area contributed by atoms with E-state index in [4.69, 9.17) is 9.47 Å². The number of aliphatic hydroxyl groups is 1. The number of nitrogens with zero attached hydrogens (tertiary/aromatic N) is 1. The Morgan fingerprint density at radius 3 is 2.42 bits per heavy atom. The number of aliphatic hydroxyl groups excluding tert-OH is 1. The quantitative estimate of drug-likeness (QED) is 0.237. The Bertz CT molecular complexity index is 1020. The molecule has 1 aromatic carbocycles. The second kappa shape index (κ2) is 13.7. The molecule has 0 aromatic heterocycles. The lowest BCUT2D eigenvalue weighted by Crippen LogP contribution is -2.41. The topological polar surface area (TPSA) is 76.1 Å². The fourth-order valence-corrected chi connectivity index (χ4v) is 6.25. The summed E-state index contributed by atoms with van der Waals surface area (Å²) in [5.41, 5.74) is 1.61. The first-order valence-corrected chi connectivity index (χ1v) is 14.6. The normalized spacial score (nSPS) is 17.3. The highest BCUT2D eigenvalue weighted by atomic mass is 32.2. The van der Waals surface area contributed by atoms with E-state index >= 15 is 0 Å². The highest BCUT2D eigenvalue weighted by Gasteiger charge is 2.38. The number of hydrogen-bond donors (Lipinski definition) is 1. The van der Waals surface area contributed by atoms with Gasteiger partial charge in [0.05, 0.1) is 18.1 Å². The molecule has 1 aliphatic rings. The van der Waals surface area contributed by atoms with Gasteiger partial charge in [-0.3, -0.25) is 4.79 Å². The van der Waals surface area contributed by atoms with Gasteiger partial charge in [0.2, 0.25) is 0 Å². The van der Waals surface area contributed by atoms with Gasteiger partial charge in [-0.2, -0.15) is 0 Å². The lowest BCUT2D eigenvalue weighted by atomic mass is 9.74. The van der Waals surface area contributed by atoms with E-state index in [1.807, 2.05) is 33.8 Å². The second-order valence-electron chi connectivity index (χ2n) is 11.1. The summed E-state index contributed by atoms with van der Waals surface area (Å²) in [7, 11) is 1.36. The van der Waals surface area contributed by atoms with Crippen molar-refractivity contribution in [3.8, 4) is 5.75 Å². The molecule has 0 aliphatic carbocycles. The molecule has 6 nitrogen and oxygen atoms in total. The highest BCUT2D eigenvalue weighted by Crippen LogP contribution is 2.47. The van der Waals surface area contributed by atoms with Crippen molar-refractivity contribution in [3.05, 3.63) is 51.8 Å². The Morgan fingerprint density at radius 2 is 1.89 bits per heavy atom. The Kier molecular flexibility index (Phi) is 11.5. The average Bonchev–Trinajstić information content (AvgIpc) is 3.37. The SMILES string of the molecule is C=C(S/C(=C\CC)C(CC)(CC)c1ccc(OCC(O)C(C)(C)C)c(C)c1)C(=O)N1CCCC1C(=O)OC. The summed E-state index contributed by atoms with van der Waals surface area (Å²) in [4.78, 5) is 28.7. The molecule has 7 heteroatoms. The molecule has 2 unspecified atom stereocenters. The first-order chi connectivity index (χ1) is 17.9. The van der Waals surface area contributed by atoms with Crippen LogP contribution in [0.3, 0.4) is 0 Å². The van der Waals surface area contributed by atoms with Gasteiger partial charge in [0.25, 0.3) is 5.91 Å². The number of methoxy groups -OCH3 is 1. The van der Waals surface area contributed by atoms with Crippen molar-refractivity contribution in [1.82, 2.24) is 4.90 Å². The van der Waals surface area contributed by atoms with E-state index < -0.39 is 12.1 Å². The number of rotatable bonds is 12. The number of hydrogen-bond acceptors (Lipinski definition) is 6. The van der Waals surface area contributed by atoms with Gasteiger partial charge in [-0.1, -0.05) is 78.1 Å². The van der Waals surface area contributed by atoms with Gasteiger partial charge in [-0.05, 0) is 66.5 Å². The molecular weight excluding hydrogens is 498 g/mol. The molecule has 1 fully saturated rings. The summed E-state index contributed by atoms with van der Waals surface area (Å²) in [6.45, 7) is 19.3. The average molecular weight is 546 g/mol. The Hall–Kier alpha value is -2.25. The van der Waals surface area contributed by atoms with Gasteiger partial charge < -0.3 is 19.5 Å². The Balaban J connectivity index is 2.33. The van der Waals surface area contributed by atoms with E-state index in [0.717, 1.165) is 47.5 Å². The minimum atomic E-state index is -0.569. The monoisotopic (exact) mass is 545 g/mol. The molecule has 2 atom stereocenters. The number of ether oxygens (including phenoxy) is 2. The van der Waals surface area contributed by atoms with Gasteiger partial charge in [0.1, 0.15) is 18.4 Å². The minimum Gasteiger partial charge on any atom is -0.491 e. The van der Waals surface area contributed by atoms with Crippen LogP contribution in [0.25, 0.3) is 0 Å². The van der Waals surface area contributed by atoms with Crippen LogP contribution in [0.1, 0.15) is 84.8 Å². The molecule has 1 N–H and O–H groups in total. The number of carbonyl (C=O) groups excluding carboxylic acids is 2. The third-order valence-corrected chi connectivity index (χ3v) is 8.85. The van der Waals surface area contributed by atoms with Crippen molar-refractivity contribution in [2.75, 3.05) is 20.3 Å². The first-order valence-electron chi connectivity index (χ1n) is 13.7. The maximum absolute atomic E-state index is 13.4. The van der Waals surface area contributed by atoms with Crippen LogP contribution in [0.4, 0.5) is 0 Å². The van der Waals surface area contributed by atoms with Gasteiger partial charge >= 0.3 is 5.97 Å². The van der Waals surface area contributed by atoms with Crippen molar-refractivity contribution in [1.29, 1.82) is 0 Å². The van der Waals surface area contributed by atoms with Crippen LogP contribution < -0.4 is 4.74 Å². The number of benzene rings is 1. The van der Waals surface area contributed by atoms with Crippen LogP contribution in [-0.4, -0.2) is 54.3 Å². The minimum absolute atomic E-state index is 0.205. The molecule has 38 heavy (non-hydrogen) atoms. The lowest BCUT2D eigenvalue weighted by molar-refractivity contribution is -0.149. The molecule has 0 bridgehead atoms. The molecule has 1 amide bonds. The third kappa shape index (κ3) is 7.23. The fraction of sp³-hybridized carbons (Fsp3) is 0.613. The van der Waals surface area contributed by atoms with Gasteiger partial charge in [-0.25, -0.2) is 4.79 Å². The number of amides is 1. The van der Waals surface area contributed by atoms with E-state index in [0.29, 0.717) is 17.9 Å². The maximum atomic E-state index is 13.4. The van der Waals surface area contributed by atoms with Crippen molar-refractivity contribution in [3.63, 3.8) is 0 Å². The largest absolute Gasteiger partial charge is 0.491 e. The number of carbonyl (C=O) groups is 2. The molecule has 1 aliphatic heterocycles. The molecule has 1 aromatic rings. The highest BCUT2D eigenvalue weighted by molar-refractivity contribution is 8.07. The third-order valence-electron chi connectivity index (χ3n) is 7.65. The molecule has 1 saturated heterocycles. The Morgan fingerprint density at radius 1 is 1.24 bits per heavy atom. The summed E-state index contributed by atoms with van der Waals surface area (Å²) >= 11 is 1.42. The van der Waals surface area contributed by atoms with Gasteiger partial charge in [-0.15, -0.1) is 0 Å². The zero-order valence-corrected chi connectivity index (χ0v) is 25.4. The standard InChI is InChI=1S/C31H47NO5S/c1-10-14-27(38-22(5)28(34)32-18-13-15-24(32)29(35)36-9)31(11-2,12-3)23-16-17-25(21(4)19-23)37-20-26(33)30(6,7)8/h14,16-17,19,24,26,33H,5,10-13,15,18,20H2,1-4,6-9H3/b27-14-. The lowest BCUT2D eigenvalue weighted by Gasteiger charge is -2.36. The molecule has 2 rings (SSSR count). The summed E-state index contributed by atoms with van der Waals surface area (Å²) < 4.78 is 10.9. The summed E-state index contributed by atoms with van der Waals surface area (Å²) in [5, 5.41) is 10.4. The van der Waals surface area contributed by atoms with Gasteiger partial charge in [0.15, 0.2) is 0 Å². The molecule has 0 spiro atoms. The van der Waals surface area contributed by atoms with E-state index in [1.54, 1.807) is 4.90 Å².